The molecule has 1 saturated heterocycles. The fourth-order valence-electron chi connectivity index (χ4n) is 3.73. The predicted molar refractivity (Wildman–Crippen MR) is 97.9 cm³/mol. The molecule has 0 bridgehead atoms. The fourth-order valence-corrected chi connectivity index (χ4v) is 3.73. The average Bonchev–Trinajstić information content (AvgIpc) is 2.86. The molecule has 0 spiro atoms. The molecule has 146 valence electrons. The van der Waals surface area contributed by atoms with Gasteiger partial charge in [-0.05, 0) is 38.7 Å². The molecule has 3 rings (SSSR count). The van der Waals surface area contributed by atoms with Gasteiger partial charge in [0.1, 0.15) is 18.2 Å². The van der Waals surface area contributed by atoms with Gasteiger partial charge in [0, 0.05) is 7.11 Å². The summed E-state index contributed by atoms with van der Waals surface area (Å²) in [6.45, 7) is 3.19. The number of carbonyl (C=O) groups is 3. The summed E-state index contributed by atoms with van der Waals surface area (Å²) in [5.74, 6) is -1.05. The third-order valence-electron chi connectivity index (χ3n) is 5.42. The molecule has 1 aliphatic heterocycles. The fraction of sp³-hybridized carbons (Fsp3) is 0.550. The predicted octanol–water partition coefficient (Wildman–Crippen LogP) is 2.26. The average molecular weight is 374 g/mol. The second-order valence-corrected chi connectivity index (χ2v) is 7.40. The molecule has 3 amide bonds. The first-order valence-electron chi connectivity index (χ1n) is 9.28. The summed E-state index contributed by atoms with van der Waals surface area (Å²) in [6.07, 6.45) is 3.10. The Balaban J connectivity index is 1.68. The van der Waals surface area contributed by atoms with Crippen LogP contribution in [0.15, 0.2) is 24.3 Å². The zero-order valence-corrected chi connectivity index (χ0v) is 16.0. The van der Waals surface area contributed by atoms with E-state index in [-0.39, 0.29) is 12.2 Å². The monoisotopic (exact) mass is 374 g/mol. The molecule has 0 unspecified atom stereocenters. The molecule has 2 fully saturated rings. The zero-order chi connectivity index (χ0) is 19.6. The molecule has 1 saturated carbocycles. The minimum atomic E-state index is -1.19. The van der Waals surface area contributed by atoms with Crippen LogP contribution in [0.3, 0.4) is 0 Å². The quantitative estimate of drug-likeness (QED) is 0.631. The number of imide groups is 1. The molecule has 3 atom stereocenters. The second kappa shape index (κ2) is 7.68. The maximum atomic E-state index is 12.9. The number of nitrogens with one attached hydrogen (secondary N) is 1. The minimum absolute atomic E-state index is 0.136. The van der Waals surface area contributed by atoms with Crippen LogP contribution in [-0.2, 0) is 24.6 Å². The van der Waals surface area contributed by atoms with Gasteiger partial charge >= 0.3 is 12.0 Å². The van der Waals surface area contributed by atoms with Crippen LogP contribution in [0.2, 0.25) is 0 Å². The summed E-state index contributed by atoms with van der Waals surface area (Å²) in [5, 5.41) is 2.70. The van der Waals surface area contributed by atoms with Gasteiger partial charge in [-0.2, -0.15) is 0 Å². The Bertz CT molecular complexity index is 732. The summed E-state index contributed by atoms with van der Waals surface area (Å²) >= 11 is 0. The zero-order valence-electron chi connectivity index (χ0n) is 16.0. The number of nitrogens with zero attached hydrogens (tertiary/aromatic N) is 1. The van der Waals surface area contributed by atoms with Crippen LogP contribution in [0.25, 0.3) is 0 Å². The van der Waals surface area contributed by atoms with Crippen molar-refractivity contribution in [1.82, 2.24) is 10.2 Å². The van der Waals surface area contributed by atoms with Gasteiger partial charge in [-0.3, -0.25) is 14.5 Å². The van der Waals surface area contributed by atoms with Gasteiger partial charge in [-0.1, -0.05) is 36.2 Å². The third-order valence-corrected chi connectivity index (χ3v) is 5.42. The first-order chi connectivity index (χ1) is 12.8. The first-order valence-corrected chi connectivity index (χ1v) is 9.28. The normalized spacial score (nSPS) is 28.2. The lowest BCUT2D eigenvalue weighted by molar-refractivity contribution is -0.161. The molecular weight excluding hydrogens is 348 g/mol. The third kappa shape index (κ3) is 3.83. The van der Waals surface area contributed by atoms with E-state index in [1.807, 2.05) is 19.1 Å². The smallest absolute Gasteiger partial charge is 0.326 e. The lowest BCUT2D eigenvalue weighted by atomic mass is 9.91. The number of esters is 1. The van der Waals surface area contributed by atoms with Gasteiger partial charge in [0.25, 0.3) is 5.91 Å². The second-order valence-electron chi connectivity index (χ2n) is 7.40. The van der Waals surface area contributed by atoms with Crippen LogP contribution in [0.1, 0.15) is 43.7 Å². The maximum Gasteiger partial charge on any atom is 0.326 e. The van der Waals surface area contributed by atoms with Gasteiger partial charge in [-0.15, -0.1) is 0 Å². The van der Waals surface area contributed by atoms with Crippen molar-refractivity contribution < 1.29 is 23.9 Å². The molecule has 27 heavy (non-hydrogen) atoms. The van der Waals surface area contributed by atoms with Crippen molar-refractivity contribution >= 4 is 17.9 Å². The molecule has 1 N–H and O–H groups in total. The Morgan fingerprint density at radius 2 is 1.81 bits per heavy atom. The Morgan fingerprint density at radius 1 is 1.19 bits per heavy atom. The molecular formula is C20H26N2O5. The van der Waals surface area contributed by atoms with Crippen molar-refractivity contribution in [2.75, 3.05) is 13.7 Å². The Hall–Kier alpha value is -2.41. The summed E-state index contributed by atoms with van der Waals surface area (Å²) in [4.78, 5) is 38.5. The van der Waals surface area contributed by atoms with E-state index in [0.29, 0.717) is 5.56 Å². The molecule has 1 aliphatic carbocycles. The van der Waals surface area contributed by atoms with E-state index in [1.165, 1.54) is 0 Å². The maximum absolute atomic E-state index is 12.9. The Morgan fingerprint density at radius 3 is 2.44 bits per heavy atom. The summed E-state index contributed by atoms with van der Waals surface area (Å²) < 4.78 is 10.9. The van der Waals surface area contributed by atoms with Gasteiger partial charge < -0.3 is 14.8 Å². The minimum Gasteiger partial charge on any atom is -0.458 e. The van der Waals surface area contributed by atoms with Crippen LogP contribution in [0, 0.1) is 6.92 Å². The van der Waals surface area contributed by atoms with Gasteiger partial charge in [0.15, 0.2) is 0 Å². The van der Waals surface area contributed by atoms with Crippen molar-refractivity contribution in [3.63, 3.8) is 0 Å². The summed E-state index contributed by atoms with van der Waals surface area (Å²) in [7, 11) is 1.60. The van der Waals surface area contributed by atoms with Gasteiger partial charge in [0.05, 0.1) is 6.10 Å². The highest BCUT2D eigenvalue weighted by Crippen LogP contribution is 2.29. The number of rotatable bonds is 5. The highest BCUT2D eigenvalue weighted by atomic mass is 16.6. The van der Waals surface area contributed by atoms with Crippen LogP contribution >= 0.6 is 0 Å². The lowest BCUT2D eigenvalue weighted by Gasteiger charge is -2.30. The van der Waals surface area contributed by atoms with E-state index >= 15 is 0 Å². The molecule has 2 aliphatic rings. The molecule has 1 aromatic carbocycles. The van der Waals surface area contributed by atoms with E-state index in [0.717, 1.165) is 36.1 Å². The summed E-state index contributed by atoms with van der Waals surface area (Å²) in [5.41, 5.74) is 0.541. The van der Waals surface area contributed by atoms with Crippen LogP contribution < -0.4 is 5.32 Å². The number of carbonyl (C=O) groups excluding carboxylic acids is 3. The molecule has 1 aromatic rings. The first kappa shape index (κ1) is 19.4. The SMILES string of the molecule is CO[C@@H]1CCCC[C@H]1OC(=O)CN1C(=O)N[C@@](C)(c2ccc(C)cc2)C1=O. The van der Waals surface area contributed by atoms with E-state index in [4.69, 9.17) is 9.47 Å². The highest BCUT2D eigenvalue weighted by molar-refractivity contribution is 6.08. The number of amides is 3. The highest BCUT2D eigenvalue weighted by Gasteiger charge is 2.49. The van der Waals surface area contributed by atoms with Gasteiger partial charge in [0.2, 0.25) is 0 Å². The number of hydrogen-bond donors (Lipinski definition) is 1. The van der Waals surface area contributed by atoms with Crippen LogP contribution in [0.5, 0.6) is 0 Å². The van der Waals surface area contributed by atoms with Crippen LogP contribution in [-0.4, -0.2) is 48.7 Å². The van der Waals surface area contributed by atoms with Crippen molar-refractivity contribution in [2.24, 2.45) is 0 Å². The van der Waals surface area contributed by atoms with E-state index in [9.17, 15) is 14.4 Å². The lowest BCUT2D eigenvalue weighted by Crippen LogP contribution is -2.43. The Kier molecular flexibility index (Phi) is 5.51. The van der Waals surface area contributed by atoms with E-state index in [2.05, 4.69) is 5.32 Å². The molecule has 7 nitrogen and oxygen atoms in total. The van der Waals surface area contributed by atoms with Crippen LogP contribution in [0.4, 0.5) is 4.79 Å². The number of urea groups is 1. The van der Waals surface area contributed by atoms with E-state index in [1.54, 1.807) is 26.2 Å². The standard InChI is InChI=1S/C20H26N2O5/c1-13-8-10-14(11-9-13)20(2)18(24)22(19(25)21-20)12-17(23)27-16-7-5-4-6-15(16)26-3/h8-11,15-16H,4-7,12H2,1-3H3,(H,21,25)/t15-,16-,20+/m1/s1. The number of benzene rings is 1. The topological polar surface area (TPSA) is 84.9 Å². The number of methoxy groups -OCH3 is 1. The van der Waals surface area contributed by atoms with E-state index < -0.39 is 30.0 Å². The van der Waals surface area contributed by atoms with Crippen molar-refractivity contribution in [1.29, 1.82) is 0 Å². The summed E-state index contributed by atoms with van der Waals surface area (Å²) in [6, 6.07) is 6.78. The molecule has 1 heterocycles. The van der Waals surface area contributed by atoms with Crippen molar-refractivity contribution in [3.8, 4) is 0 Å². The number of hydrogen-bond acceptors (Lipinski definition) is 5. The molecule has 0 radical (unpaired) electrons. The van der Waals surface area contributed by atoms with Crippen molar-refractivity contribution in [3.05, 3.63) is 35.4 Å². The van der Waals surface area contributed by atoms with Gasteiger partial charge in [-0.25, -0.2) is 4.79 Å². The molecule has 0 aromatic heterocycles. The van der Waals surface area contributed by atoms with Crippen molar-refractivity contribution in [2.45, 2.75) is 57.3 Å². The largest absolute Gasteiger partial charge is 0.458 e. The Labute approximate surface area is 159 Å². The number of ether oxygens (including phenoxy) is 2. The molecule has 7 heteroatoms. The number of aryl methyl sites for hydroxylation is 1.